The zero-order chi connectivity index (χ0) is 16.8. The van der Waals surface area contributed by atoms with E-state index in [9.17, 15) is 20.0 Å². The molecule has 1 aromatic carbocycles. The van der Waals surface area contributed by atoms with Crippen molar-refractivity contribution in [3.63, 3.8) is 0 Å². The Balaban J connectivity index is 2.50. The fourth-order valence-corrected chi connectivity index (χ4v) is 1.45. The molecule has 1 aromatic rings. The second-order valence-corrected chi connectivity index (χ2v) is 5.44. The lowest BCUT2D eigenvalue weighted by Gasteiger charge is -2.19. The molecule has 0 aliphatic heterocycles. The molecule has 0 radical (unpaired) electrons. The van der Waals surface area contributed by atoms with Gasteiger partial charge in [0.1, 0.15) is 5.60 Å². The second kappa shape index (κ2) is 7.31. The minimum Gasteiger partial charge on any atom is -0.502 e. The number of nitrogens with zero attached hydrogens (tertiary/aromatic N) is 1. The highest BCUT2D eigenvalue weighted by Gasteiger charge is 2.15. The van der Waals surface area contributed by atoms with Crippen LogP contribution < -0.4 is 5.32 Å². The van der Waals surface area contributed by atoms with E-state index in [-0.39, 0.29) is 0 Å². The van der Waals surface area contributed by atoms with Gasteiger partial charge in [-0.15, -0.1) is 0 Å². The lowest BCUT2D eigenvalue weighted by Crippen LogP contribution is -2.32. The van der Waals surface area contributed by atoms with Crippen LogP contribution in [-0.4, -0.2) is 28.3 Å². The fourth-order valence-electron chi connectivity index (χ4n) is 1.45. The summed E-state index contributed by atoms with van der Waals surface area (Å²) in [6, 6.07) is 3.90. The minimum absolute atomic E-state index is 0.308. The van der Waals surface area contributed by atoms with E-state index in [2.05, 4.69) is 17.2 Å². The number of rotatable bonds is 3. The molecule has 118 valence electrons. The molecule has 0 bridgehead atoms. The van der Waals surface area contributed by atoms with Gasteiger partial charge < -0.3 is 15.2 Å². The number of nitrogens with one attached hydrogen (secondary N) is 1. The molecule has 2 N–H and O–H groups in total. The molecule has 0 heterocycles. The predicted octanol–water partition coefficient (Wildman–Crippen LogP) is 2.57. The maximum Gasteiger partial charge on any atom is 0.407 e. The van der Waals surface area contributed by atoms with Crippen molar-refractivity contribution in [3.8, 4) is 17.6 Å². The van der Waals surface area contributed by atoms with Crippen LogP contribution in [0.3, 0.4) is 0 Å². The zero-order valence-electron chi connectivity index (χ0n) is 12.7. The molecule has 0 fully saturated rings. The Morgan fingerprint density at radius 2 is 2.14 bits per heavy atom. The number of benzene rings is 1. The number of nitro groups is 1. The number of hydrogen-bond donors (Lipinski definition) is 2. The molecule has 0 aliphatic rings. The van der Waals surface area contributed by atoms with Gasteiger partial charge in [0.2, 0.25) is 0 Å². The third-order valence-electron chi connectivity index (χ3n) is 2.32. The molecule has 7 nitrogen and oxygen atoms in total. The number of alkyl carbamates (subject to hydrolysis) is 1. The summed E-state index contributed by atoms with van der Waals surface area (Å²) in [5, 5.41) is 22.5. The van der Waals surface area contributed by atoms with Crippen LogP contribution in [0.25, 0.3) is 0 Å². The van der Waals surface area contributed by atoms with E-state index in [4.69, 9.17) is 4.74 Å². The van der Waals surface area contributed by atoms with Gasteiger partial charge in [-0.2, -0.15) is 0 Å². The summed E-state index contributed by atoms with van der Waals surface area (Å²) in [5.74, 6) is 5.11. The van der Waals surface area contributed by atoms with Gasteiger partial charge in [0, 0.05) is 24.6 Å². The highest BCUT2D eigenvalue weighted by Crippen LogP contribution is 2.25. The van der Waals surface area contributed by atoms with Gasteiger partial charge in [-0.05, 0) is 32.9 Å². The van der Waals surface area contributed by atoms with E-state index in [0.717, 1.165) is 0 Å². The quantitative estimate of drug-likeness (QED) is 0.387. The molecule has 7 heteroatoms. The lowest BCUT2D eigenvalue weighted by atomic mass is 10.2. The van der Waals surface area contributed by atoms with E-state index >= 15 is 0 Å². The normalized spacial score (nSPS) is 10.3. The van der Waals surface area contributed by atoms with Crippen molar-refractivity contribution < 1.29 is 19.6 Å². The fraction of sp³-hybridized carbons (Fsp3) is 0.400. The number of phenols is 1. The number of hydrogen-bond acceptors (Lipinski definition) is 5. The molecule has 0 unspecified atom stereocenters. The van der Waals surface area contributed by atoms with Crippen molar-refractivity contribution in [2.24, 2.45) is 0 Å². The summed E-state index contributed by atoms with van der Waals surface area (Å²) in [4.78, 5) is 21.4. The van der Waals surface area contributed by atoms with E-state index in [1.54, 1.807) is 20.8 Å². The number of ether oxygens (including phenoxy) is 1. The summed E-state index contributed by atoms with van der Waals surface area (Å²) >= 11 is 0. The molecule has 0 saturated carbocycles. The monoisotopic (exact) mass is 306 g/mol. The van der Waals surface area contributed by atoms with Gasteiger partial charge in [0.15, 0.2) is 5.75 Å². The molecule has 22 heavy (non-hydrogen) atoms. The predicted molar refractivity (Wildman–Crippen MR) is 80.5 cm³/mol. The van der Waals surface area contributed by atoms with Gasteiger partial charge >= 0.3 is 11.8 Å². The van der Waals surface area contributed by atoms with Crippen molar-refractivity contribution in [2.45, 2.75) is 32.8 Å². The van der Waals surface area contributed by atoms with Crippen LogP contribution in [0, 0.1) is 22.0 Å². The third kappa shape index (κ3) is 6.13. The largest absolute Gasteiger partial charge is 0.502 e. The summed E-state index contributed by atoms with van der Waals surface area (Å²) in [5.41, 5.74) is -0.527. The van der Waals surface area contributed by atoms with Crippen LogP contribution in [0.15, 0.2) is 18.2 Å². The molecule has 0 aromatic heterocycles. The standard InChI is InChI=1S/C15H18N2O5/c1-15(2,3)22-14(19)16-9-5-4-6-11-7-8-13(18)12(10-11)17(20)21/h7-8,10,18H,5,9H2,1-3H3,(H,16,19). The Kier molecular flexibility index (Phi) is 5.75. The number of nitro benzene ring substituents is 1. The number of carbonyl (C=O) groups excluding carboxylic acids is 1. The van der Waals surface area contributed by atoms with Crippen molar-refractivity contribution >= 4 is 11.8 Å². The SMILES string of the molecule is CC(C)(C)OC(=O)NCCC#Cc1ccc(O)c([N+](=O)[O-])c1. The maximum atomic E-state index is 11.4. The lowest BCUT2D eigenvalue weighted by molar-refractivity contribution is -0.385. The number of carbonyl (C=O) groups is 1. The van der Waals surface area contributed by atoms with Crippen LogP contribution in [0.4, 0.5) is 10.5 Å². The number of phenolic OH excluding ortho intramolecular Hbond substituents is 1. The summed E-state index contributed by atoms with van der Waals surface area (Å²) in [6.07, 6.45) is -0.150. The molecular weight excluding hydrogens is 288 g/mol. The molecule has 0 aliphatic carbocycles. The van der Waals surface area contributed by atoms with Gasteiger partial charge in [-0.3, -0.25) is 10.1 Å². The number of amides is 1. The van der Waals surface area contributed by atoms with Gasteiger partial charge in [-0.25, -0.2) is 4.79 Å². The van der Waals surface area contributed by atoms with E-state index in [0.29, 0.717) is 18.5 Å². The van der Waals surface area contributed by atoms with Crippen LogP contribution in [0.5, 0.6) is 5.75 Å². The Labute approximate surface area is 128 Å². The smallest absolute Gasteiger partial charge is 0.407 e. The Bertz CT molecular complexity index is 623. The van der Waals surface area contributed by atoms with Crippen LogP contribution >= 0.6 is 0 Å². The number of aromatic hydroxyl groups is 1. The molecule has 0 spiro atoms. The molecule has 1 rings (SSSR count). The maximum absolute atomic E-state index is 11.4. The van der Waals surface area contributed by atoms with Crippen LogP contribution in [0.2, 0.25) is 0 Å². The Morgan fingerprint density at radius 1 is 1.45 bits per heavy atom. The topological polar surface area (TPSA) is 102 Å². The van der Waals surface area contributed by atoms with Crippen molar-refractivity contribution in [3.05, 3.63) is 33.9 Å². The first-order valence-electron chi connectivity index (χ1n) is 6.62. The van der Waals surface area contributed by atoms with Crippen LogP contribution in [0.1, 0.15) is 32.8 Å². The summed E-state index contributed by atoms with van der Waals surface area (Å²) in [6.45, 7) is 5.61. The van der Waals surface area contributed by atoms with Crippen LogP contribution in [-0.2, 0) is 4.74 Å². The summed E-state index contributed by atoms with van der Waals surface area (Å²) < 4.78 is 5.06. The molecule has 0 atom stereocenters. The van der Waals surface area contributed by atoms with Crippen molar-refractivity contribution in [2.75, 3.05) is 6.54 Å². The minimum atomic E-state index is -0.676. The molecular formula is C15H18N2O5. The zero-order valence-corrected chi connectivity index (χ0v) is 12.7. The first-order valence-corrected chi connectivity index (χ1v) is 6.62. The van der Waals surface area contributed by atoms with Gasteiger partial charge in [0.25, 0.3) is 0 Å². The average molecular weight is 306 g/mol. The van der Waals surface area contributed by atoms with E-state index in [1.807, 2.05) is 0 Å². The van der Waals surface area contributed by atoms with E-state index in [1.165, 1.54) is 18.2 Å². The van der Waals surface area contributed by atoms with Crippen molar-refractivity contribution in [1.82, 2.24) is 5.32 Å². The average Bonchev–Trinajstić information content (AvgIpc) is 2.37. The van der Waals surface area contributed by atoms with E-state index < -0.39 is 28.1 Å². The first-order chi connectivity index (χ1) is 10.2. The molecule has 0 saturated heterocycles. The van der Waals surface area contributed by atoms with Gasteiger partial charge in [-0.1, -0.05) is 11.8 Å². The first kappa shape index (κ1) is 17.3. The second-order valence-electron chi connectivity index (χ2n) is 5.44. The van der Waals surface area contributed by atoms with Gasteiger partial charge in [0.05, 0.1) is 4.92 Å². The third-order valence-corrected chi connectivity index (χ3v) is 2.32. The Morgan fingerprint density at radius 3 is 2.73 bits per heavy atom. The molecule has 1 amide bonds. The highest BCUT2D eigenvalue weighted by atomic mass is 16.6. The highest BCUT2D eigenvalue weighted by molar-refractivity contribution is 5.67. The van der Waals surface area contributed by atoms with Crippen molar-refractivity contribution in [1.29, 1.82) is 0 Å². The summed E-state index contributed by atoms with van der Waals surface area (Å²) in [7, 11) is 0. The Hall–Kier alpha value is -2.75.